The summed E-state index contributed by atoms with van der Waals surface area (Å²) in [6.07, 6.45) is -0.116. The van der Waals surface area contributed by atoms with Crippen molar-refractivity contribution < 1.29 is 23.5 Å². The van der Waals surface area contributed by atoms with Gasteiger partial charge in [-0.15, -0.1) is 0 Å². The van der Waals surface area contributed by atoms with Crippen LogP contribution in [-0.4, -0.2) is 37.0 Å². The van der Waals surface area contributed by atoms with Gasteiger partial charge in [-0.2, -0.15) is 0 Å². The number of guanidine groups is 1. The molecule has 2 aliphatic rings. The number of aliphatic imine (C=N–C) groups is 1. The minimum atomic E-state index is -0.847. The molecule has 0 aliphatic carbocycles. The Morgan fingerprint density at radius 2 is 1.82 bits per heavy atom. The van der Waals surface area contributed by atoms with Crippen molar-refractivity contribution >= 4 is 29.1 Å². The number of amides is 2. The first kappa shape index (κ1) is 17.8. The van der Waals surface area contributed by atoms with Crippen LogP contribution in [0.5, 0.6) is 11.5 Å². The van der Waals surface area contributed by atoms with Gasteiger partial charge in [-0.25, -0.2) is 9.38 Å². The molecule has 1 atom stereocenters. The predicted molar refractivity (Wildman–Crippen MR) is 100 cm³/mol. The number of rotatable bonds is 4. The number of carbonyl (C=O) groups excluding carboxylic acids is 2. The molecule has 9 heteroatoms. The smallest absolute Gasteiger partial charge is 0.252 e. The molecule has 0 aromatic heterocycles. The number of halogens is 1. The summed E-state index contributed by atoms with van der Waals surface area (Å²) in [5.41, 5.74) is 1.11. The van der Waals surface area contributed by atoms with Gasteiger partial charge in [0, 0.05) is 17.4 Å². The molecule has 0 saturated heterocycles. The number of carbonyl (C=O) groups is 2. The van der Waals surface area contributed by atoms with Crippen molar-refractivity contribution in [3.8, 4) is 11.5 Å². The van der Waals surface area contributed by atoms with Gasteiger partial charge in [-0.1, -0.05) is 0 Å². The third-order valence-corrected chi connectivity index (χ3v) is 4.14. The van der Waals surface area contributed by atoms with Gasteiger partial charge < -0.3 is 20.1 Å². The summed E-state index contributed by atoms with van der Waals surface area (Å²) in [5.74, 6) is 0.294. The molecule has 28 heavy (non-hydrogen) atoms. The summed E-state index contributed by atoms with van der Waals surface area (Å²) in [5, 5.41) is 8.17. The van der Waals surface area contributed by atoms with Gasteiger partial charge >= 0.3 is 0 Å². The molecule has 2 aromatic rings. The largest absolute Gasteiger partial charge is 0.486 e. The number of ether oxygens (including phenoxy) is 2. The third-order valence-electron chi connectivity index (χ3n) is 4.14. The van der Waals surface area contributed by atoms with E-state index in [1.54, 1.807) is 18.2 Å². The molecule has 0 saturated carbocycles. The SMILES string of the molecule is O=C(C[C@H]1N=C(Nc2ccc(F)cc2)NC1=O)Nc1ccc2c(c1)OCCO2. The summed E-state index contributed by atoms with van der Waals surface area (Å²) in [4.78, 5) is 28.5. The predicted octanol–water partition coefficient (Wildman–Crippen LogP) is 1.89. The van der Waals surface area contributed by atoms with Gasteiger partial charge in [-0.3, -0.25) is 14.9 Å². The second-order valence-electron chi connectivity index (χ2n) is 6.23. The maximum atomic E-state index is 13.0. The molecule has 2 heterocycles. The highest BCUT2D eigenvalue weighted by atomic mass is 19.1. The molecule has 2 amide bonds. The Bertz CT molecular complexity index is 945. The van der Waals surface area contributed by atoms with Gasteiger partial charge in [0.2, 0.25) is 11.9 Å². The second-order valence-corrected chi connectivity index (χ2v) is 6.23. The van der Waals surface area contributed by atoms with E-state index in [9.17, 15) is 14.0 Å². The molecule has 2 aliphatic heterocycles. The second kappa shape index (κ2) is 7.55. The van der Waals surface area contributed by atoms with Crippen LogP contribution in [0.4, 0.5) is 15.8 Å². The summed E-state index contributed by atoms with van der Waals surface area (Å²) < 4.78 is 23.9. The van der Waals surface area contributed by atoms with E-state index in [1.165, 1.54) is 24.3 Å². The highest BCUT2D eigenvalue weighted by Gasteiger charge is 2.28. The van der Waals surface area contributed by atoms with E-state index in [-0.39, 0.29) is 30.0 Å². The number of nitrogens with zero attached hydrogens (tertiary/aromatic N) is 1. The van der Waals surface area contributed by atoms with Gasteiger partial charge in [-0.05, 0) is 36.4 Å². The first-order valence-corrected chi connectivity index (χ1v) is 8.67. The van der Waals surface area contributed by atoms with Crippen LogP contribution in [0.3, 0.4) is 0 Å². The van der Waals surface area contributed by atoms with E-state index in [0.717, 1.165) is 0 Å². The van der Waals surface area contributed by atoms with Crippen molar-refractivity contribution in [2.45, 2.75) is 12.5 Å². The number of fused-ring (bicyclic) bond motifs is 1. The lowest BCUT2D eigenvalue weighted by molar-refractivity contribution is -0.123. The van der Waals surface area contributed by atoms with E-state index < -0.39 is 6.04 Å². The fourth-order valence-electron chi connectivity index (χ4n) is 2.83. The average molecular weight is 384 g/mol. The minimum Gasteiger partial charge on any atom is -0.486 e. The van der Waals surface area contributed by atoms with E-state index in [2.05, 4.69) is 20.9 Å². The summed E-state index contributed by atoms with van der Waals surface area (Å²) >= 11 is 0. The van der Waals surface area contributed by atoms with E-state index in [0.29, 0.717) is 36.1 Å². The maximum Gasteiger partial charge on any atom is 0.252 e. The monoisotopic (exact) mass is 384 g/mol. The molecule has 4 rings (SSSR count). The van der Waals surface area contributed by atoms with E-state index >= 15 is 0 Å². The molecule has 2 aromatic carbocycles. The summed E-state index contributed by atoms with van der Waals surface area (Å²) in [6.45, 7) is 0.937. The fraction of sp³-hybridized carbons (Fsp3) is 0.211. The van der Waals surface area contributed by atoms with Crippen molar-refractivity contribution in [3.05, 3.63) is 48.3 Å². The fourth-order valence-corrected chi connectivity index (χ4v) is 2.83. The molecular weight excluding hydrogens is 367 g/mol. The lowest BCUT2D eigenvalue weighted by Crippen LogP contribution is -2.33. The van der Waals surface area contributed by atoms with Gasteiger partial charge in [0.1, 0.15) is 25.1 Å². The van der Waals surface area contributed by atoms with Gasteiger partial charge in [0.05, 0.1) is 6.42 Å². The van der Waals surface area contributed by atoms with Crippen LogP contribution in [0.25, 0.3) is 0 Å². The van der Waals surface area contributed by atoms with Crippen molar-refractivity contribution in [2.24, 2.45) is 4.99 Å². The number of nitrogens with one attached hydrogen (secondary N) is 3. The molecule has 144 valence electrons. The first-order chi connectivity index (χ1) is 13.6. The lowest BCUT2D eigenvalue weighted by Gasteiger charge is -2.19. The molecule has 8 nitrogen and oxygen atoms in total. The Labute approximate surface area is 159 Å². The van der Waals surface area contributed by atoms with Crippen molar-refractivity contribution in [1.29, 1.82) is 0 Å². The molecule has 3 N–H and O–H groups in total. The zero-order valence-electron chi connectivity index (χ0n) is 14.7. The van der Waals surface area contributed by atoms with Gasteiger partial charge in [0.15, 0.2) is 11.5 Å². The highest BCUT2D eigenvalue weighted by Crippen LogP contribution is 2.32. The molecule has 0 spiro atoms. The Hall–Kier alpha value is -3.62. The van der Waals surface area contributed by atoms with Crippen LogP contribution < -0.4 is 25.4 Å². The molecule has 0 unspecified atom stereocenters. The molecule has 0 bridgehead atoms. The van der Waals surface area contributed by atoms with Crippen molar-refractivity contribution in [1.82, 2.24) is 5.32 Å². The summed E-state index contributed by atoms with van der Waals surface area (Å²) in [7, 11) is 0. The highest BCUT2D eigenvalue weighted by molar-refractivity contribution is 6.11. The number of hydrogen-bond donors (Lipinski definition) is 3. The Morgan fingerprint density at radius 3 is 2.61 bits per heavy atom. The topological polar surface area (TPSA) is 101 Å². The molecule has 0 fully saturated rings. The minimum absolute atomic E-state index is 0.116. The Kier molecular flexibility index (Phi) is 4.79. The zero-order chi connectivity index (χ0) is 19.5. The van der Waals surface area contributed by atoms with Crippen LogP contribution in [0.15, 0.2) is 47.5 Å². The van der Waals surface area contributed by atoms with Gasteiger partial charge in [0.25, 0.3) is 5.91 Å². The zero-order valence-corrected chi connectivity index (χ0v) is 14.7. The normalized spacial score (nSPS) is 17.5. The Morgan fingerprint density at radius 1 is 1.11 bits per heavy atom. The number of hydrogen-bond acceptors (Lipinski definition) is 6. The van der Waals surface area contributed by atoms with Crippen LogP contribution >= 0.6 is 0 Å². The molecular formula is C19H17FN4O4. The quantitative estimate of drug-likeness (QED) is 0.747. The Balaban J connectivity index is 1.36. The van der Waals surface area contributed by atoms with Crippen molar-refractivity contribution in [3.63, 3.8) is 0 Å². The van der Waals surface area contributed by atoms with Crippen LogP contribution in [-0.2, 0) is 9.59 Å². The average Bonchev–Trinajstić information content (AvgIpc) is 3.02. The maximum absolute atomic E-state index is 13.0. The third kappa shape index (κ3) is 4.03. The van der Waals surface area contributed by atoms with E-state index in [1.807, 2.05) is 0 Å². The summed E-state index contributed by atoms with van der Waals surface area (Å²) in [6, 6.07) is 9.86. The van der Waals surface area contributed by atoms with Crippen LogP contribution in [0, 0.1) is 5.82 Å². The molecule has 0 radical (unpaired) electrons. The standard InChI is InChI=1S/C19H17FN4O4/c20-11-1-3-12(4-2-11)22-19-23-14(18(26)24-19)10-17(25)21-13-5-6-15-16(9-13)28-8-7-27-15/h1-6,9,14H,7-8,10H2,(H,21,25)(H2,22,23,24,26)/t14-/m1/s1. The van der Waals surface area contributed by atoms with Crippen LogP contribution in [0.1, 0.15) is 6.42 Å². The van der Waals surface area contributed by atoms with Crippen LogP contribution in [0.2, 0.25) is 0 Å². The van der Waals surface area contributed by atoms with E-state index in [4.69, 9.17) is 9.47 Å². The first-order valence-electron chi connectivity index (χ1n) is 8.67. The number of benzene rings is 2. The van der Waals surface area contributed by atoms with Crippen molar-refractivity contribution in [2.75, 3.05) is 23.8 Å². The lowest BCUT2D eigenvalue weighted by atomic mass is 10.2. The number of anilines is 2.